The highest BCUT2D eigenvalue weighted by atomic mass is 35.5. The van der Waals surface area contributed by atoms with E-state index in [-0.39, 0.29) is 12.2 Å². The number of hydrogen-bond donors (Lipinski definition) is 1. The van der Waals surface area contributed by atoms with Crippen molar-refractivity contribution >= 4 is 34.6 Å². The van der Waals surface area contributed by atoms with Crippen LogP contribution in [0.4, 0.5) is 5.69 Å². The molecule has 5 rings (SSSR count). The monoisotopic (exact) mass is 443 g/mol. The highest BCUT2D eigenvalue weighted by Gasteiger charge is 2.50. The molecule has 1 N–H and O–H groups in total. The van der Waals surface area contributed by atoms with Crippen LogP contribution in [0.25, 0.3) is 5.57 Å². The number of allylic oxidation sites excluding steroid dienone is 1. The summed E-state index contributed by atoms with van der Waals surface area (Å²) in [5.74, 6) is -0.832. The number of Topliss-reactive ketones (excluding diaryl/α,β-unsaturated/α-hetero) is 1. The van der Waals surface area contributed by atoms with Gasteiger partial charge in [-0.15, -0.1) is 0 Å². The second-order valence-electron chi connectivity index (χ2n) is 8.25. The summed E-state index contributed by atoms with van der Waals surface area (Å²) in [7, 11) is 0. The smallest absolute Gasteiger partial charge is 0.264 e. The largest absolute Gasteiger partial charge is 0.375 e. The van der Waals surface area contributed by atoms with Crippen LogP contribution in [0.1, 0.15) is 39.9 Å². The average Bonchev–Trinajstić information content (AvgIpc) is 3.30. The van der Waals surface area contributed by atoms with Crippen LogP contribution < -0.4 is 4.90 Å². The van der Waals surface area contributed by atoms with Gasteiger partial charge in [0.2, 0.25) is 0 Å². The van der Waals surface area contributed by atoms with Gasteiger partial charge in [-0.1, -0.05) is 72.3 Å². The third-order valence-electron chi connectivity index (χ3n) is 6.37. The van der Waals surface area contributed by atoms with E-state index in [4.69, 9.17) is 11.6 Å². The second kappa shape index (κ2) is 8.05. The van der Waals surface area contributed by atoms with E-state index in [1.807, 2.05) is 24.3 Å². The molecule has 3 aromatic carbocycles. The first-order valence-corrected chi connectivity index (χ1v) is 11.1. The summed E-state index contributed by atoms with van der Waals surface area (Å²) >= 11 is 6.17. The molecule has 160 valence electrons. The van der Waals surface area contributed by atoms with Crippen molar-refractivity contribution in [2.24, 2.45) is 0 Å². The van der Waals surface area contributed by atoms with Gasteiger partial charge in [0.15, 0.2) is 11.4 Å². The second-order valence-corrected chi connectivity index (χ2v) is 8.66. The quantitative estimate of drug-likeness (QED) is 0.534. The molecule has 5 heteroatoms. The zero-order chi connectivity index (χ0) is 22.3. The van der Waals surface area contributed by atoms with E-state index in [0.29, 0.717) is 34.8 Å². The van der Waals surface area contributed by atoms with Crippen molar-refractivity contribution in [1.82, 2.24) is 0 Å². The molecular formula is C27H22ClNO3. The molecule has 0 fully saturated rings. The summed E-state index contributed by atoms with van der Waals surface area (Å²) in [5, 5.41) is 11.8. The van der Waals surface area contributed by atoms with E-state index in [9.17, 15) is 14.7 Å². The molecule has 0 saturated carbocycles. The maximum atomic E-state index is 13.5. The van der Waals surface area contributed by atoms with Crippen LogP contribution in [0, 0.1) is 0 Å². The number of amides is 1. The van der Waals surface area contributed by atoms with Crippen LogP contribution in [0.15, 0.2) is 78.9 Å². The predicted molar refractivity (Wildman–Crippen MR) is 126 cm³/mol. The van der Waals surface area contributed by atoms with Crippen molar-refractivity contribution in [3.8, 4) is 0 Å². The van der Waals surface area contributed by atoms with Gasteiger partial charge in [-0.2, -0.15) is 0 Å². The van der Waals surface area contributed by atoms with E-state index < -0.39 is 11.5 Å². The zero-order valence-electron chi connectivity index (χ0n) is 17.4. The molecule has 3 aromatic rings. The number of benzene rings is 3. The number of halogens is 1. The summed E-state index contributed by atoms with van der Waals surface area (Å²) < 4.78 is 0. The van der Waals surface area contributed by atoms with Crippen molar-refractivity contribution in [3.63, 3.8) is 0 Å². The standard InChI is InChI=1S/C27H22ClNO3/c28-23-11-5-3-9-21(23)25(30)17-27(32)22-10-4-6-12-24(22)29(26(27)31)16-15-19-14-13-18-7-1-2-8-20(18)19/h1-12,14,32H,13,15-17H2/t27-/m1/s1. The van der Waals surface area contributed by atoms with Crippen molar-refractivity contribution in [2.45, 2.75) is 24.9 Å². The summed E-state index contributed by atoms with van der Waals surface area (Å²) in [4.78, 5) is 28.0. The Kier molecular flexibility index (Phi) is 5.20. The van der Waals surface area contributed by atoms with Gasteiger partial charge in [0.25, 0.3) is 5.91 Å². The maximum absolute atomic E-state index is 13.5. The van der Waals surface area contributed by atoms with Crippen LogP contribution in [0.2, 0.25) is 5.02 Å². The van der Waals surface area contributed by atoms with Crippen molar-refractivity contribution in [3.05, 3.63) is 106 Å². The Balaban J connectivity index is 1.41. The first-order valence-electron chi connectivity index (χ1n) is 10.7. The number of rotatable bonds is 6. The molecule has 0 aromatic heterocycles. The number of nitrogens with zero attached hydrogens (tertiary/aromatic N) is 1. The van der Waals surface area contributed by atoms with Crippen LogP contribution in [-0.4, -0.2) is 23.3 Å². The fourth-order valence-electron chi connectivity index (χ4n) is 4.74. The number of fused-ring (bicyclic) bond motifs is 2. The Morgan fingerprint density at radius 1 is 1.00 bits per heavy atom. The van der Waals surface area contributed by atoms with Gasteiger partial charge < -0.3 is 10.0 Å². The minimum atomic E-state index is -1.91. The van der Waals surface area contributed by atoms with Gasteiger partial charge >= 0.3 is 0 Å². The molecule has 0 spiro atoms. The predicted octanol–water partition coefficient (Wildman–Crippen LogP) is 5.18. The average molecular weight is 444 g/mol. The Hall–Kier alpha value is -3.21. The molecule has 1 heterocycles. The van der Waals surface area contributed by atoms with E-state index in [1.54, 1.807) is 41.3 Å². The first kappa shape index (κ1) is 20.7. The molecule has 4 nitrogen and oxygen atoms in total. The maximum Gasteiger partial charge on any atom is 0.264 e. The SMILES string of the molecule is O=C(C[C@]1(O)C(=O)N(CCC2=CCc3ccccc32)c2ccccc21)c1ccccc1Cl. The summed E-state index contributed by atoms with van der Waals surface area (Å²) in [5.41, 5.74) is 3.22. The van der Waals surface area contributed by atoms with Crippen molar-refractivity contribution < 1.29 is 14.7 Å². The molecule has 1 amide bonds. The lowest BCUT2D eigenvalue weighted by atomic mass is 9.88. The number of hydrogen-bond acceptors (Lipinski definition) is 3. The van der Waals surface area contributed by atoms with Gasteiger partial charge in [-0.05, 0) is 47.7 Å². The zero-order valence-corrected chi connectivity index (χ0v) is 18.2. The van der Waals surface area contributed by atoms with E-state index in [0.717, 1.165) is 6.42 Å². The minimum Gasteiger partial charge on any atom is -0.375 e. The van der Waals surface area contributed by atoms with E-state index >= 15 is 0 Å². The number of carbonyl (C=O) groups is 2. The lowest BCUT2D eigenvalue weighted by molar-refractivity contribution is -0.135. The molecule has 0 radical (unpaired) electrons. The Morgan fingerprint density at radius 3 is 2.56 bits per heavy atom. The minimum absolute atomic E-state index is 0.305. The van der Waals surface area contributed by atoms with Crippen LogP contribution in [0.5, 0.6) is 0 Å². The Morgan fingerprint density at radius 2 is 1.72 bits per heavy atom. The summed E-state index contributed by atoms with van der Waals surface area (Å²) in [6, 6.07) is 22.1. The highest BCUT2D eigenvalue weighted by molar-refractivity contribution is 6.34. The molecular weight excluding hydrogens is 422 g/mol. The molecule has 0 bridgehead atoms. The number of carbonyl (C=O) groups excluding carboxylic acids is 2. The summed E-state index contributed by atoms with van der Waals surface area (Å²) in [6.45, 7) is 0.429. The molecule has 1 aliphatic carbocycles. The van der Waals surface area contributed by atoms with Crippen LogP contribution in [-0.2, 0) is 16.8 Å². The van der Waals surface area contributed by atoms with Gasteiger partial charge in [0, 0.05) is 17.7 Å². The number of aliphatic hydroxyl groups is 1. The van der Waals surface area contributed by atoms with Gasteiger partial charge in [-0.3, -0.25) is 9.59 Å². The molecule has 0 unspecified atom stereocenters. The van der Waals surface area contributed by atoms with Crippen molar-refractivity contribution in [1.29, 1.82) is 0 Å². The molecule has 1 atom stereocenters. The normalized spacial score (nSPS) is 19.0. The van der Waals surface area contributed by atoms with E-state index in [2.05, 4.69) is 18.2 Å². The van der Waals surface area contributed by atoms with Crippen LogP contribution in [0.3, 0.4) is 0 Å². The summed E-state index contributed by atoms with van der Waals surface area (Å²) in [6.07, 6.45) is 3.41. The topological polar surface area (TPSA) is 57.6 Å². The number of ketones is 1. The lowest BCUT2D eigenvalue weighted by Crippen LogP contribution is -2.42. The fraction of sp³-hybridized carbons (Fsp3) is 0.185. The van der Waals surface area contributed by atoms with E-state index in [1.165, 1.54) is 16.7 Å². The number of anilines is 1. The molecule has 32 heavy (non-hydrogen) atoms. The first-order chi connectivity index (χ1) is 15.5. The molecule has 0 saturated heterocycles. The molecule has 2 aliphatic rings. The fourth-order valence-corrected chi connectivity index (χ4v) is 4.98. The molecule has 1 aliphatic heterocycles. The van der Waals surface area contributed by atoms with Crippen molar-refractivity contribution in [2.75, 3.05) is 11.4 Å². The lowest BCUT2D eigenvalue weighted by Gasteiger charge is -2.23. The Bertz CT molecular complexity index is 1270. The Labute approximate surface area is 191 Å². The third kappa shape index (κ3) is 3.36. The third-order valence-corrected chi connectivity index (χ3v) is 6.70. The van der Waals surface area contributed by atoms with Gasteiger partial charge in [0.05, 0.1) is 17.1 Å². The van der Waals surface area contributed by atoms with Gasteiger partial charge in [-0.25, -0.2) is 0 Å². The van der Waals surface area contributed by atoms with Gasteiger partial charge in [0.1, 0.15) is 0 Å². The van der Waals surface area contributed by atoms with Crippen LogP contribution >= 0.6 is 11.6 Å². The highest BCUT2D eigenvalue weighted by Crippen LogP contribution is 2.43. The number of para-hydroxylation sites is 1.